The van der Waals surface area contributed by atoms with Gasteiger partial charge in [-0.05, 0) is 64.7 Å². The van der Waals surface area contributed by atoms with Crippen LogP contribution >= 0.6 is 0 Å². The predicted octanol–water partition coefficient (Wildman–Crippen LogP) is 6.94. The van der Waals surface area contributed by atoms with E-state index in [2.05, 4.69) is 118 Å². The maximum atomic E-state index is 4.38. The third kappa shape index (κ3) is 2.57. The lowest BCUT2D eigenvalue weighted by Gasteiger charge is -2.21. The fourth-order valence-corrected chi connectivity index (χ4v) is 5.60. The average molecular weight is 439 g/mol. The lowest BCUT2D eigenvalue weighted by Crippen LogP contribution is -2.14. The van der Waals surface area contributed by atoms with Crippen molar-refractivity contribution in [3.05, 3.63) is 109 Å². The zero-order chi connectivity index (χ0) is 22.9. The number of benzene rings is 4. The lowest BCUT2D eigenvalue weighted by atomic mass is 9.82. The number of hydrogen-bond donors (Lipinski definition) is 0. The smallest absolute Gasteiger partial charge is 0.162 e. The highest BCUT2D eigenvalue weighted by atomic mass is 15.0. The van der Waals surface area contributed by atoms with Gasteiger partial charge in [0.15, 0.2) is 5.82 Å². The van der Waals surface area contributed by atoms with Crippen LogP contribution in [-0.2, 0) is 5.41 Å². The van der Waals surface area contributed by atoms with Gasteiger partial charge in [0.2, 0.25) is 0 Å². The molecule has 2 heterocycles. The molecular formula is C30H22N4. The van der Waals surface area contributed by atoms with E-state index in [1.165, 1.54) is 44.1 Å². The first-order valence-electron chi connectivity index (χ1n) is 11.5. The lowest BCUT2D eigenvalue weighted by molar-refractivity contribution is 0.661. The van der Waals surface area contributed by atoms with Gasteiger partial charge in [-0.3, -0.25) is 0 Å². The monoisotopic (exact) mass is 438 g/mol. The van der Waals surface area contributed by atoms with Gasteiger partial charge in [-0.15, -0.1) is 0 Å². The first-order valence-corrected chi connectivity index (χ1v) is 11.5. The van der Waals surface area contributed by atoms with Gasteiger partial charge in [-0.25, -0.2) is 15.0 Å². The largest absolute Gasteiger partial charge is 0.309 e. The van der Waals surface area contributed by atoms with Crippen molar-refractivity contribution < 1.29 is 0 Å². The van der Waals surface area contributed by atoms with Crippen molar-refractivity contribution >= 4 is 21.8 Å². The molecule has 1 aliphatic rings. The Morgan fingerprint density at radius 1 is 0.647 bits per heavy atom. The molecule has 0 unspecified atom stereocenters. The summed E-state index contributed by atoms with van der Waals surface area (Å²) in [5, 5.41) is 2.43. The van der Waals surface area contributed by atoms with Crippen LogP contribution in [0.3, 0.4) is 0 Å². The molecule has 0 atom stereocenters. The van der Waals surface area contributed by atoms with Gasteiger partial charge in [-0.1, -0.05) is 56.3 Å². The number of fused-ring (bicyclic) bond motifs is 6. The minimum Gasteiger partial charge on any atom is -0.309 e. The highest BCUT2D eigenvalue weighted by Gasteiger charge is 2.36. The van der Waals surface area contributed by atoms with E-state index in [9.17, 15) is 0 Å². The van der Waals surface area contributed by atoms with Crippen LogP contribution in [0, 0.1) is 0 Å². The van der Waals surface area contributed by atoms with E-state index >= 15 is 0 Å². The number of para-hydroxylation sites is 1. The molecule has 0 spiro atoms. The quantitative estimate of drug-likeness (QED) is 0.294. The molecule has 6 aromatic rings. The summed E-state index contributed by atoms with van der Waals surface area (Å²) in [4.78, 5) is 12.7. The van der Waals surface area contributed by atoms with E-state index in [1.54, 1.807) is 12.7 Å². The van der Waals surface area contributed by atoms with Crippen molar-refractivity contribution in [3.63, 3.8) is 0 Å². The zero-order valence-electron chi connectivity index (χ0n) is 19.0. The molecule has 0 radical (unpaired) electrons. The molecule has 4 nitrogen and oxygen atoms in total. The van der Waals surface area contributed by atoms with Gasteiger partial charge in [-0.2, -0.15) is 0 Å². The summed E-state index contributed by atoms with van der Waals surface area (Å²) < 4.78 is 2.38. The molecule has 2 aromatic heterocycles. The molecule has 1 aliphatic carbocycles. The SMILES string of the molecule is CC1(C)c2ccccc2-c2cc3c4cc(-c5ncncn5)ccc4n(-c4ccccc4)c3cc21. The van der Waals surface area contributed by atoms with Crippen molar-refractivity contribution in [1.82, 2.24) is 19.5 Å². The van der Waals surface area contributed by atoms with Crippen LogP contribution in [0.1, 0.15) is 25.0 Å². The summed E-state index contributed by atoms with van der Waals surface area (Å²) in [6.07, 6.45) is 3.09. The van der Waals surface area contributed by atoms with Crippen LogP contribution in [0.25, 0.3) is 50.0 Å². The van der Waals surface area contributed by atoms with E-state index in [0.717, 1.165) is 11.3 Å². The molecule has 0 bridgehead atoms. The molecule has 162 valence electrons. The van der Waals surface area contributed by atoms with Crippen LogP contribution in [0.5, 0.6) is 0 Å². The van der Waals surface area contributed by atoms with E-state index in [-0.39, 0.29) is 5.41 Å². The van der Waals surface area contributed by atoms with Gasteiger partial charge < -0.3 is 4.57 Å². The summed E-state index contributed by atoms with van der Waals surface area (Å²) in [6, 6.07) is 30.7. The Morgan fingerprint density at radius 3 is 2.21 bits per heavy atom. The van der Waals surface area contributed by atoms with Gasteiger partial charge in [0.25, 0.3) is 0 Å². The number of rotatable bonds is 2. The Labute approximate surface area is 197 Å². The standard InChI is InChI=1S/C30H22N4/c1-30(2)25-11-7-6-10-21(25)22-15-24-23-14-19(29-32-17-31-18-33-29)12-13-27(23)34(28(24)16-26(22)30)20-8-4-3-5-9-20/h3-18H,1-2H3. The van der Waals surface area contributed by atoms with Crippen LogP contribution < -0.4 is 0 Å². The normalized spacial score (nSPS) is 13.8. The molecule has 0 saturated carbocycles. The molecule has 4 heteroatoms. The third-order valence-corrected chi connectivity index (χ3v) is 7.23. The Balaban J connectivity index is 1.61. The minimum atomic E-state index is -0.0475. The Kier molecular flexibility index (Phi) is 3.86. The van der Waals surface area contributed by atoms with E-state index in [1.807, 2.05) is 0 Å². The summed E-state index contributed by atoms with van der Waals surface area (Å²) in [6.45, 7) is 4.66. The fourth-order valence-electron chi connectivity index (χ4n) is 5.60. The molecular weight excluding hydrogens is 416 g/mol. The topological polar surface area (TPSA) is 43.6 Å². The van der Waals surface area contributed by atoms with Crippen LogP contribution in [-0.4, -0.2) is 19.5 Å². The maximum Gasteiger partial charge on any atom is 0.162 e. The highest BCUT2D eigenvalue weighted by Crippen LogP contribution is 2.51. The first-order chi connectivity index (χ1) is 16.6. The summed E-state index contributed by atoms with van der Waals surface area (Å²) in [5.41, 5.74) is 9.91. The van der Waals surface area contributed by atoms with Crippen LogP contribution in [0.15, 0.2) is 97.6 Å². The number of aromatic nitrogens is 4. The zero-order valence-corrected chi connectivity index (χ0v) is 19.0. The van der Waals surface area contributed by atoms with Crippen molar-refractivity contribution in [3.8, 4) is 28.2 Å². The highest BCUT2D eigenvalue weighted by molar-refractivity contribution is 6.12. The van der Waals surface area contributed by atoms with Gasteiger partial charge in [0.05, 0.1) is 11.0 Å². The Hall–Kier alpha value is -4.31. The second kappa shape index (κ2) is 6.84. The third-order valence-electron chi connectivity index (χ3n) is 7.23. The average Bonchev–Trinajstić information content (AvgIpc) is 3.32. The number of hydrogen-bond acceptors (Lipinski definition) is 3. The second-order valence-electron chi connectivity index (χ2n) is 9.45. The Bertz CT molecular complexity index is 1710. The number of nitrogens with zero attached hydrogens (tertiary/aromatic N) is 4. The molecule has 7 rings (SSSR count). The van der Waals surface area contributed by atoms with Gasteiger partial charge in [0, 0.05) is 27.4 Å². The molecule has 0 saturated heterocycles. The van der Waals surface area contributed by atoms with Gasteiger partial charge in [0.1, 0.15) is 12.7 Å². The van der Waals surface area contributed by atoms with Crippen molar-refractivity contribution in [2.75, 3.05) is 0 Å². The van der Waals surface area contributed by atoms with Crippen molar-refractivity contribution in [2.24, 2.45) is 0 Å². The minimum absolute atomic E-state index is 0.0475. The first kappa shape index (κ1) is 19.2. The summed E-state index contributed by atoms with van der Waals surface area (Å²) >= 11 is 0. The molecule has 0 N–H and O–H groups in total. The van der Waals surface area contributed by atoms with Crippen LogP contribution in [0.2, 0.25) is 0 Å². The van der Waals surface area contributed by atoms with Gasteiger partial charge >= 0.3 is 0 Å². The van der Waals surface area contributed by atoms with Crippen molar-refractivity contribution in [1.29, 1.82) is 0 Å². The van der Waals surface area contributed by atoms with E-state index in [0.29, 0.717) is 5.82 Å². The molecule has 0 aliphatic heterocycles. The molecule has 4 aromatic carbocycles. The predicted molar refractivity (Wildman–Crippen MR) is 137 cm³/mol. The van der Waals surface area contributed by atoms with E-state index < -0.39 is 0 Å². The second-order valence-corrected chi connectivity index (χ2v) is 9.45. The van der Waals surface area contributed by atoms with E-state index in [4.69, 9.17) is 0 Å². The molecule has 0 amide bonds. The fraction of sp³-hybridized carbons (Fsp3) is 0.100. The molecule has 0 fully saturated rings. The molecule has 34 heavy (non-hydrogen) atoms. The Morgan fingerprint density at radius 2 is 1.38 bits per heavy atom. The summed E-state index contributed by atoms with van der Waals surface area (Å²) in [5.74, 6) is 0.685. The maximum absolute atomic E-state index is 4.38. The van der Waals surface area contributed by atoms with Crippen LogP contribution in [0.4, 0.5) is 0 Å². The van der Waals surface area contributed by atoms with Crippen molar-refractivity contribution in [2.45, 2.75) is 19.3 Å². The summed E-state index contributed by atoms with van der Waals surface area (Å²) in [7, 11) is 0.